The van der Waals surface area contributed by atoms with Crippen molar-refractivity contribution in [3.05, 3.63) is 88.1 Å². The fourth-order valence-corrected chi connectivity index (χ4v) is 3.53. The predicted molar refractivity (Wildman–Crippen MR) is 122 cm³/mol. The number of benzene rings is 2. The van der Waals surface area contributed by atoms with Crippen molar-refractivity contribution in [2.45, 2.75) is 26.2 Å². The highest BCUT2D eigenvalue weighted by molar-refractivity contribution is 5.77. The number of amides is 1. The summed E-state index contributed by atoms with van der Waals surface area (Å²) in [6, 6.07) is 12.2. The molecule has 0 saturated carbocycles. The van der Waals surface area contributed by atoms with Crippen LogP contribution in [-0.4, -0.2) is 38.4 Å². The maximum Gasteiger partial charge on any atom is 0.416 e. The maximum absolute atomic E-state index is 13.0. The molecule has 0 aliphatic rings. The first-order valence-electron chi connectivity index (χ1n) is 10.7. The van der Waals surface area contributed by atoms with Crippen LogP contribution in [0.25, 0.3) is 11.0 Å². The van der Waals surface area contributed by atoms with Gasteiger partial charge in [0, 0.05) is 6.54 Å². The van der Waals surface area contributed by atoms with E-state index in [0.717, 1.165) is 17.7 Å². The van der Waals surface area contributed by atoms with Gasteiger partial charge in [0.2, 0.25) is 0 Å². The number of ether oxygens (including phenoxy) is 1. The number of nitrogens with zero attached hydrogens (tertiary/aromatic N) is 4. The number of para-hydroxylation sites is 1. The van der Waals surface area contributed by atoms with Crippen LogP contribution < -0.4 is 15.6 Å². The number of halogens is 3. The lowest BCUT2D eigenvalue weighted by Gasteiger charge is -2.10. The standard InChI is InChI=1S/C24H22F3N5O3/c1-16-5-2-3-8-20(16)35-14-21(33)28-9-10-32-22-19(12-30-32)23(34)31(15-29-22)13-17-6-4-7-18(11-17)24(25,26)27/h2-8,11-12,15H,9-10,13-14H2,1H3,(H,28,33). The van der Waals surface area contributed by atoms with Crippen molar-refractivity contribution < 1.29 is 22.7 Å². The molecule has 2 aromatic carbocycles. The van der Waals surface area contributed by atoms with Crippen LogP contribution in [0, 0.1) is 6.92 Å². The Kier molecular flexibility index (Phi) is 6.85. The molecule has 0 aliphatic carbocycles. The number of hydrogen-bond donors (Lipinski definition) is 1. The van der Waals surface area contributed by atoms with Crippen molar-refractivity contribution >= 4 is 16.9 Å². The smallest absolute Gasteiger partial charge is 0.416 e. The molecule has 182 valence electrons. The Balaban J connectivity index is 1.38. The fraction of sp³-hybridized carbons (Fsp3) is 0.250. The Morgan fingerprint density at radius 3 is 2.71 bits per heavy atom. The number of carbonyl (C=O) groups is 1. The van der Waals surface area contributed by atoms with Crippen LogP contribution in [0.4, 0.5) is 13.2 Å². The Morgan fingerprint density at radius 2 is 1.94 bits per heavy atom. The molecular formula is C24H22F3N5O3. The molecular weight excluding hydrogens is 463 g/mol. The molecule has 0 unspecified atom stereocenters. The van der Waals surface area contributed by atoms with E-state index in [-0.39, 0.29) is 37.5 Å². The van der Waals surface area contributed by atoms with Crippen molar-refractivity contribution in [2.24, 2.45) is 0 Å². The zero-order chi connectivity index (χ0) is 25.0. The van der Waals surface area contributed by atoms with Crippen LogP contribution in [0.2, 0.25) is 0 Å². The van der Waals surface area contributed by atoms with Crippen LogP contribution in [0.15, 0.2) is 65.8 Å². The van der Waals surface area contributed by atoms with E-state index in [1.165, 1.54) is 33.9 Å². The summed E-state index contributed by atoms with van der Waals surface area (Å²) in [6.07, 6.45) is -1.83. The lowest BCUT2D eigenvalue weighted by Crippen LogP contribution is -2.32. The van der Waals surface area contributed by atoms with E-state index in [9.17, 15) is 22.8 Å². The number of hydrogen-bond acceptors (Lipinski definition) is 5. The number of rotatable bonds is 8. The molecule has 0 radical (unpaired) electrons. The molecule has 1 amide bonds. The zero-order valence-corrected chi connectivity index (χ0v) is 18.7. The summed E-state index contributed by atoms with van der Waals surface area (Å²) >= 11 is 0. The summed E-state index contributed by atoms with van der Waals surface area (Å²) in [5, 5.41) is 7.12. The number of alkyl halides is 3. The average Bonchev–Trinajstić information content (AvgIpc) is 3.24. The van der Waals surface area contributed by atoms with Gasteiger partial charge in [-0.3, -0.25) is 14.2 Å². The number of aromatic nitrogens is 4. The van der Waals surface area contributed by atoms with Gasteiger partial charge in [-0.15, -0.1) is 0 Å². The lowest BCUT2D eigenvalue weighted by atomic mass is 10.1. The third-order valence-corrected chi connectivity index (χ3v) is 5.33. The monoisotopic (exact) mass is 485 g/mol. The number of fused-ring (bicyclic) bond motifs is 1. The molecule has 0 atom stereocenters. The van der Waals surface area contributed by atoms with Gasteiger partial charge in [-0.25, -0.2) is 9.67 Å². The Hall–Kier alpha value is -4.15. The molecule has 0 aliphatic heterocycles. The van der Waals surface area contributed by atoms with Gasteiger partial charge in [0.1, 0.15) is 17.5 Å². The molecule has 0 fully saturated rings. The molecule has 4 rings (SSSR count). The zero-order valence-electron chi connectivity index (χ0n) is 18.7. The van der Waals surface area contributed by atoms with Crippen LogP contribution in [0.1, 0.15) is 16.7 Å². The van der Waals surface area contributed by atoms with Gasteiger partial charge in [0.05, 0.1) is 24.8 Å². The molecule has 11 heteroatoms. The van der Waals surface area contributed by atoms with E-state index in [2.05, 4.69) is 15.4 Å². The van der Waals surface area contributed by atoms with Gasteiger partial charge < -0.3 is 10.1 Å². The SMILES string of the molecule is Cc1ccccc1OCC(=O)NCCn1ncc2c(=O)n(Cc3cccc(C(F)(F)F)c3)cnc21. The summed E-state index contributed by atoms with van der Waals surface area (Å²) < 4.78 is 47.1. The second-order valence-corrected chi connectivity index (χ2v) is 7.88. The molecule has 0 saturated heterocycles. The summed E-state index contributed by atoms with van der Waals surface area (Å²) in [5.74, 6) is 0.326. The van der Waals surface area contributed by atoms with E-state index in [1.54, 1.807) is 6.07 Å². The quantitative estimate of drug-likeness (QED) is 0.414. The van der Waals surface area contributed by atoms with Crippen LogP contribution in [-0.2, 0) is 24.1 Å². The van der Waals surface area contributed by atoms with Crippen LogP contribution in [0.5, 0.6) is 5.75 Å². The number of nitrogens with one attached hydrogen (secondary N) is 1. The normalized spacial score (nSPS) is 11.5. The van der Waals surface area contributed by atoms with E-state index in [4.69, 9.17) is 4.74 Å². The topological polar surface area (TPSA) is 91.0 Å². The third-order valence-electron chi connectivity index (χ3n) is 5.33. The van der Waals surface area contributed by atoms with Crippen molar-refractivity contribution in [3.8, 4) is 5.75 Å². The first-order chi connectivity index (χ1) is 16.7. The van der Waals surface area contributed by atoms with Crippen LogP contribution >= 0.6 is 0 Å². The van der Waals surface area contributed by atoms with Gasteiger partial charge in [0.15, 0.2) is 12.3 Å². The minimum atomic E-state index is -4.47. The second kappa shape index (κ2) is 10.00. The first-order valence-corrected chi connectivity index (χ1v) is 10.7. The molecule has 0 bridgehead atoms. The van der Waals surface area contributed by atoms with E-state index < -0.39 is 17.3 Å². The fourth-order valence-electron chi connectivity index (χ4n) is 3.53. The lowest BCUT2D eigenvalue weighted by molar-refractivity contribution is -0.137. The minimum absolute atomic E-state index is 0.0617. The Labute approximate surface area is 198 Å². The highest BCUT2D eigenvalue weighted by Gasteiger charge is 2.30. The highest BCUT2D eigenvalue weighted by Crippen LogP contribution is 2.29. The average molecular weight is 485 g/mol. The summed E-state index contributed by atoms with van der Waals surface area (Å²) in [4.78, 5) is 29.1. The summed E-state index contributed by atoms with van der Waals surface area (Å²) in [5.41, 5.74) is 0.366. The molecule has 2 heterocycles. The Bertz CT molecular complexity index is 1410. The van der Waals surface area contributed by atoms with Crippen molar-refractivity contribution in [3.63, 3.8) is 0 Å². The maximum atomic E-state index is 13.0. The first kappa shape index (κ1) is 24.0. The van der Waals surface area contributed by atoms with Crippen molar-refractivity contribution in [1.82, 2.24) is 24.6 Å². The van der Waals surface area contributed by atoms with Gasteiger partial charge in [-0.2, -0.15) is 18.3 Å². The van der Waals surface area contributed by atoms with Gasteiger partial charge in [-0.05, 0) is 36.2 Å². The highest BCUT2D eigenvalue weighted by atomic mass is 19.4. The van der Waals surface area contributed by atoms with Crippen LogP contribution in [0.3, 0.4) is 0 Å². The molecule has 8 nitrogen and oxygen atoms in total. The molecule has 35 heavy (non-hydrogen) atoms. The Morgan fingerprint density at radius 1 is 1.14 bits per heavy atom. The molecule has 1 N–H and O–H groups in total. The number of carbonyl (C=O) groups excluding carboxylic acids is 1. The third kappa shape index (κ3) is 5.68. The molecule has 4 aromatic rings. The van der Waals surface area contributed by atoms with Gasteiger partial charge in [0.25, 0.3) is 11.5 Å². The van der Waals surface area contributed by atoms with E-state index >= 15 is 0 Å². The predicted octanol–water partition coefficient (Wildman–Crippen LogP) is 3.16. The minimum Gasteiger partial charge on any atom is -0.484 e. The van der Waals surface area contributed by atoms with E-state index in [0.29, 0.717) is 17.0 Å². The van der Waals surface area contributed by atoms with Gasteiger partial charge >= 0.3 is 6.18 Å². The molecule has 2 aromatic heterocycles. The van der Waals surface area contributed by atoms with Crippen molar-refractivity contribution in [2.75, 3.05) is 13.2 Å². The molecule has 0 spiro atoms. The van der Waals surface area contributed by atoms with Gasteiger partial charge in [-0.1, -0.05) is 30.3 Å². The number of aryl methyl sites for hydroxylation is 1. The second-order valence-electron chi connectivity index (χ2n) is 7.88. The summed E-state index contributed by atoms with van der Waals surface area (Å²) in [7, 11) is 0. The summed E-state index contributed by atoms with van der Waals surface area (Å²) in [6.45, 7) is 2.19. The van der Waals surface area contributed by atoms with E-state index in [1.807, 2.05) is 25.1 Å². The largest absolute Gasteiger partial charge is 0.484 e. The van der Waals surface area contributed by atoms with Crippen molar-refractivity contribution in [1.29, 1.82) is 0 Å².